The van der Waals surface area contributed by atoms with Crippen molar-refractivity contribution in [2.24, 2.45) is 0 Å². The van der Waals surface area contributed by atoms with Crippen LogP contribution in [-0.2, 0) is 6.54 Å². The number of aryl methyl sites for hydroxylation is 2. The Morgan fingerprint density at radius 2 is 2.00 bits per heavy atom. The van der Waals surface area contributed by atoms with Crippen molar-refractivity contribution in [1.82, 2.24) is 19.4 Å². The lowest BCUT2D eigenvalue weighted by Crippen LogP contribution is -2.21. The first-order chi connectivity index (χ1) is 14.4. The van der Waals surface area contributed by atoms with Crippen LogP contribution in [0, 0.1) is 18.9 Å². The van der Waals surface area contributed by atoms with Gasteiger partial charge in [-0.1, -0.05) is 29.8 Å². The van der Waals surface area contributed by atoms with Crippen LogP contribution in [0.15, 0.2) is 36.3 Å². The first-order valence-electron chi connectivity index (χ1n) is 9.55. The third-order valence-electron chi connectivity index (χ3n) is 4.87. The second kappa shape index (κ2) is 8.76. The maximum atomic E-state index is 9.41. The molecule has 0 fully saturated rings. The summed E-state index contributed by atoms with van der Waals surface area (Å²) in [5.41, 5.74) is 10.7. The summed E-state index contributed by atoms with van der Waals surface area (Å²) < 4.78 is 1.94. The van der Waals surface area contributed by atoms with E-state index in [9.17, 15) is 5.11 Å². The van der Waals surface area contributed by atoms with E-state index in [1.54, 1.807) is 25.1 Å². The number of amidine groups is 1. The second-order valence-electron chi connectivity index (χ2n) is 7.20. The molecule has 30 heavy (non-hydrogen) atoms. The number of aliphatic hydroxyl groups is 1. The van der Waals surface area contributed by atoms with Crippen molar-refractivity contribution >= 4 is 28.8 Å². The van der Waals surface area contributed by atoms with Crippen molar-refractivity contribution in [3.8, 4) is 11.1 Å². The van der Waals surface area contributed by atoms with Crippen molar-refractivity contribution in [2.75, 3.05) is 26.4 Å². The van der Waals surface area contributed by atoms with Gasteiger partial charge < -0.3 is 20.3 Å². The highest BCUT2D eigenvalue weighted by Crippen LogP contribution is 2.38. The van der Waals surface area contributed by atoms with Gasteiger partial charge in [-0.05, 0) is 25.0 Å². The molecule has 0 radical (unpaired) electrons. The molecule has 3 aromatic rings. The number of hydrogen-bond donors (Lipinski definition) is 3. The zero-order chi connectivity index (χ0) is 21.8. The summed E-state index contributed by atoms with van der Waals surface area (Å²) in [6, 6.07) is 8.02. The van der Waals surface area contributed by atoms with E-state index in [1.807, 2.05) is 35.8 Å². The van der Waals surface area contributed by atoms with Gasteiger partial charge in [-0.25, -0.2) is 14.8 Å². The quantitative estimate of drug-likeness (QED) is 0.333. The van der Waals surface area contributed by atoms with Crippen molar-refractivity contribution in [2.45, 2.75) is 19.9 Å². The minimum atomic E-state index is 0.0203. The fourth-order valence-electron chi connectivity index (χ4n) is 3.34. The number of hydrogen-bond acceptors (Lipinski definition) is 5. The molecule has 0 atom stereocenters. The van der Waals surface area contributed by atoms with E-state index < -0.39 is 0 Å². The Hall–Kier alpha value is -3.70. The highest BCUT2D eigenvalue weighted by atomic mass is 16.3. The minimum absolute atomic E-state index is 0.0203. The van der Waals surface area contributed by atoms with Gasteiger partial charge in [-0.3, -0.25) is 5.41 Å². The van der Waals surface area contributed by atoms with Gasteiger partial charge >= 0.3 is 0 Å². The molecule has 8 heteroatoms. The molecule has 0 saturated carbocycles. The Morgan fingerprint density at radius 3 is 2.60 bits per heavy atom. The summed E-state index contributed by atoms with van der Waals surface area (Å²) >= 11 is 0. The van der Waals surface area contributed by atoms with E-state index in [0.29, 0.717) is 35.5 Å². The number of aromatic nitrogens is 3. The molecule has 0 saturated heterocycles. The number of fused-ring (bicyclic) bond motifs is 1. The van der Waals surface area contributed by atoms with Crippen molar-refractivity contribution < 1.29 is 5.11 Å². The first kappa shape index (κ1) is 21.0. The summed E-state index contributed by atoms with van der Waals surface area (Å²) in [6.07, 6.45) is 3.63. The van der Waals surface area contributed by atoms with E-state index in [0.717, 1.165) is 16.7 Å². The Kier molecular flexibility index (Phi) is 6.14. The molecule has 8 nitrogen and oxygen atoms in total. The number of aliphatic hydroxyl groups excluding tert-OH is 1. The highest BCUT2D eigenvalue weighted by molar-refractivity contribution is 6.07. The average molecular weight is 403 g/mol. The van der Waals surface area contributed by atoms with Crippen LogP contribution >= 0.6 is 0 Å². The van der Waals surface area contributed by atoms with E-state index in [2.05, 4.69) is 14.8 Å². The number of anilines is 1. The summed E-state index contributed by atoms with van der Waals surface area (Å²) in [5, 5.41) is 18.4. The van der Waals surface area contributed by atoms with E-state index >= 15 is 0 Å². The largest absolute Gasteiger partial charge is 0.396 e. The molecule has 0 amide bonds. The molecule has 3 rings (SSSR count). The minimum Gasteiger partial charge on any atom is -0.396 e. The molecule has 0 bridgehead atoms. The predicted molar refractivity (Wildman–Crippen MR) is 120 cm³/mol. The lowest BCUT2D eigenvalue weighted by Gasteiger charge is -2.14. The molecule has 0 aliphatic rings. The third-order valence-corrected chi connectivity index (χ3v) is 4.87. The topological polar surface area (TPSA) is 108 Å². The van der Waals surface area contributed by atoms with Crippen LogP contribution in [0.4, 0.5) is 5.82 Å². The molecule has 0 aliphatic carbocycles. The molecular formula is C22H25N7O. The van der Waals surface area contributed by atoms with Crippen LogP contribution < -0.4 is 5.73 Å². The van der Waals surface area contributed by atoms with Gasteiger partial charge in [0.1, 0.15) is 23.6 Å². The lowest BCUT2D eigenvalue weighted by atomic mass is 10.0. The Bertz CT molecular complexity index is 1150. The Labute approximate surface area is 175 Å². The number of benzene rings is 1. The van der Waals surface area contributed by atoms with Crippen LogP contribution in [0.3, 0.4) is 0 Å². The zero-order valence-electron chi connectivity index (χ0n) is 17.3. The fourth-order valence-corrected chi connectivity index (χ4v) is 3.34. The second-order valence-corrected chi connectivity index (χ2v) is 7.20. The molecule has 4 N–H and O–H groups in total. The molecule has 2 heterocycles. The molecule has 0 unspecified atom stereocenters. The standard InChI is InChI=1S/C22H25N7O/c1-14-6-8-15(9-7-14)18-17(12-16(25-2)21(24)28(3)4)29(10-5-11-30)22-19(18)20(23)26-13-27-22/h6-9,12-13,24,30H,5,10-11H2,1,3-4H3,(H2,23,26,27)/b16-12-,24-21?. The number of nitrogens with one attached hydrogen (secondary N) is 1. The highest BCUT2D eigenvalue weighted by Gasteiger charge is 2.22. The molecule has 2 aromatic heterocycles. The smallest absolute Gasteiger partial charge is 0.229 e. The van der Waals surface area contributed by atoms with Gasteiger partial charge in [0.25, 0.3) is 0 Å². The van der Waals surface area contributed by atoms with Gasteiger partial charge in [-0.15, -0.1) is 0 Å². The van der Waals surface area contributed by atoms with E-state index in [-0.39, 0.29) is 18.1 Å². The van der Waals surface area contributed by atoms with Crippen LogP contribution in [0.2, 0.25) is 0 Å². The lowest BCUT2D eigenvalue weighted by molar-refractivity contribution is 0.280. The summed E-state index contributed by atoms with van der Waals surface area (Å²) in [6.45, 7) is 10.1. The number of nitrogens with zero attached hydrogens (tertiary/aromatic N) is 5. The van der Waals surface area contributed by atoms with Crippen LogP contribution in [0.25, 0.3) is 33.1 Å². The maximum Gasteiger partial charge on any atom is 0.229 e. The van der Waals surface area contributed by atoms with Gasteiger partial charge in [0.15, 0.2) is 0 Å². The van der Waals surface area contributed by atoms with Crippen molar-refractivity contribution in [1.29, 1.82) is 5.41 Å². The van der Waals surface area contributed by atoms with Crippen LogP contribution in [0.5, 0.6) is 0 Å². The number of rotatable bonds is 6. The number of likely N-dealkylation sites (N-methyl/N-ethyl adjacent to an activating group) is 1. The van der Waals surface area contributed by atoms with E-state index in [1.165, 1.54) is 6.33 Å². The van der Waals surface area contributed by atoms with Gasteiger partial charge in [0, 0.05) is 38.5 Å². The summed E-state index contributed by atoms with van der Waals surface area (Å²) in [5.74, 6) is 0.456. The molecule has 0 aliphatic heterocycles. The first-order valence-corrected chi connectivity index (χ1v) is 9.55. The summed E-state index contributed by atoms with van der Waals surface area (Å²) in [4.78, 5) is 13.8. The Balaban J connectivity index is 2.42. The van der Waals surface area contributed by atoms with Crippen molar-refractivity contribution in [3.05, 3.63) is 59.0 Å². The molecular weight excluding hydrogens is 378 g/mol. The fraction of sp³-hybridized carbons (Fsp3) is 0.273. The van der Waals surface area contributed by atoms with Crippen LogP contribution in [-0.4, -0.2) is 51.1 Å². The van der Waals surface area contributed by atoms with Gasteiger partial charge in [0.2, 0.25) is 5.70 Å². The molecule has 0 spiro atoms. The average Bonchev–Trinajstić information content (AvgIpc) is 3.04. The van der Waals surface area contributed by atoms with E-state index in [4.69, 9.17) is 17.7 Å². The van der Waals surface area contributed by atoms with Gasteiger partial charge in [0.05, 0.1) is 12.0 Å². The van der Waals surface area contributed by atoms with Crippen molar-refractivity contribution in [3.63, 3.8) is 0 Å². The molecule has 1 aromatic carbocycles. The van der Waals surface area contributed by atoms with Crippen LogP contribution in [0.1, 0.15) is 17.7 Å². The Morgan fingerprint density at radius 1 is 1.30 bits per heavy atom. The molecule has 154 valence electrons. The monoisotopic (exact) mass is 403 g/mol. The number of nitrogen functional groups attached to an aromatic ring is 1. The summed E-state index contributed by atoms with van der Waals surface area (Å²) in [7, 11) is 3.46. The SMILES string of the molecule is [C-]#[N+]/C(=C\c1c(-c2ccc(C)cc2)c2c(N)ncnc2n1CCCO)C(=N)N(C)C. The third kappa shape index (κ3) is 3.88. The zero-order valence-corrected chi connectivity index (χ0v) is 17.3. The number of nitrogens with two attached hydrogens (primary N) is 1. The predicted octanol–water partition coefficient (Wildman–Crippen LogP) is 3.17. The maximum absolute atomic E-state index is 9.41. The normalized spacial score (nSPS) is 11.5. The van der Waals surface area contributed by atoms with Gasteiger partial charge in [-0.2, -0.15) is 0 Å².